The van der Waals surface area contributed by atoms with E-state index < -0.39 is 0 Å². The standard InChI is InChI=1S/C14H16N4O3.C2H6.CH5N/c1-3-8-15-14(19)16-9-12-17-18-13(21-12)10-6-4-5-7-11(10)20-2;2*1-2/h3-7H,1,8-9H2,2H3,(H2,15,16,19);1-2H3;2H2,1H3. The fourth-order valence-electron chi connectivity index (χ4n) is 1.64. The monoisotopic (exact) mass is 349 g/mol. The van der Waals surface area contributed by atoms with Crippen LogP contribution in [0.3, 0.4) is 0 Å². The first kappa shape index (κ1) is 22.1. The molecule has 0 fully saturated rings. The fourth-order valence-corrected chi connectivity index (χ4v) is 1.64. The highest BCUT2D eigenvalue weighted by molar-refractivity contribution is 5.73. The molecule has 2 rings (SSSR count). The van der Waals surface area contributed by atoms with E-state index in [1.807, 2.05) is 32.0 Å². The molecule has 1 heterocycles. The second-order valence-electron chi connectivity index (χ2n) is 4.05. The second-order valence-corrected chi connectivity index (χ2v) is 4.05. The molecule has 0 aliphatic heterocycles. The lowest BCUT2D eigenvalue weighted by molar-refractivity contribution is 0.240. The highest BCUT2D eigenvalue weighted by Crippen LogP contribution is 2.28. The molecule has 0 bridgehead atoms. The van der Waals surface area contributed by atoms with E-state index in [0.29, 0.717) is 29.6 Å². The average molecular weight is 349 g/mol. The van der Waals surface area contributed by atoms with E-state index in [4.69, 9.17) is 9.15 Å². The topological polar surface area (TPSA) is 115 Å². The van der Waals surface area contributed by atoms with Crippen molar-refractivity contribution in [2.45, 2.75) is 20.4 Å². The number of carbonyl (C=O) groups is 1. The maximum Gasteiger partial charge on any atom is 0.315 e. The van der Waals surface area contributed by atoms with Gasteiger partial charge in [0, 0.05) is 6.54 Å². The highest BCUT2D eigenvalue weighted by Gasteiger charge is 2.13. The summed E-state index contributed by atoms with van der Waals surface area (Å²) in [7, 11) is 3.07. The summed E-state index contributed by atoms with van der Waals surface area (Å²) in [5.41, 5.74) is 5.20. The molecule has 138 valence electrons. The third-order valence-corrected chi connectivity index (χ3v) is 2.61. The van der Waals surface area contributed by atoms with Gasteiger partial charge >= 0.3 is 6.03 Å². The normalized spacial score (nSPS) is 8.84. The summed E-state index contributed by atoms with van der Waals surface area (Å²) in [6, 6.07) is 7.00. The Morgan fingerprint density at radius 3 is 2.60 bits per heavy atom. The largest absolute Gasteiger partial charge is 0.496 e. The maximum absolute atomic E-state index is 11.4. The first-order chi connectivity index (χ1) is 12.2. The zero-order chi connectivity index (χ0) is 19.1. The molecule has 0 saturated carbocycles. The van der Waals surface area contributed by atoms with Crippen LogP contribution in [0.1, 0.15) is 19.7 Å². The number of urea groups is 1. The smallest absolute Gasteiger partial charge is 0.315 e. The Hall–Kier alpha value is -2.87. The number of methoxy groups -OCH3 is 1. The third-order valence-electron chi connectivity index (χ3n) is 2.61. The molecule has 0 aliphatic carbocycles. The zero-order valence-corrected chi connectivity index (χ0v) is 15.2. The molecule has 0 aliphatic rings. The Balaban J connectivity index is 0.00000134. The van der Waals surface area contributed by atoms with Gasteiger partial charge in [0.2, 0.25) is 5.89 Å². The molecule has 0 atom stereocenters. The number of nitrogens with zero attached hydrogens (tertiary/aromatic N) is 2. The van der Waals surface area contributed by atoms with Crippen molar-refractivity contribution in [1.29, 1.82) is 0 Å². The van der Waals surface area contributed by atoms with Crippen molar-refractivity contribution in [3.05, 3.63) is 42.8 Å². The summed E-state index contributed by atoms with van der Waals surface area (Å²) < 4.78 is 10.7. The number of benzene rings is 1. The number of amides is 2. The number of para-hydroxylation sites is 1. The van der Waals surface area contributed by atoms with Crippen LogP contribution in [-0.4, -0.2) is 36.9 Å². The Bertz CT molecular complexity index is 628. The van der Waals surface area contributed by atoms with E-state index in [1.165, 1.54) is 7.05 Å². The van der Waals surface area contributed by atoms with E-state index in [-0.39, 0.29) is 12.6 Å². The van der Waals surface area contributed by atoms with E-state index in [9.17, 15) is 4.79 Å². The van der Waals surface area contributed by atoms with Crippen LogP contribution in [0, 0.1) is 0 Å². The third kappa shape index (κ3) is 7.49. The van der Waals surface area contributed by atoms with Crippen molar-refractivity contribution in [2.24, 2.45) is 5.73 Å². The van der Waals surface area contributed by atoms with Crippen molar-refractivity contribution in [3.63, 3.8) is 0 Å². The van der Waals surface area contributed by atoms with Crippen LogP contribution in [0.5, 0.6) is 5.75 Å². The van der Waals surface area contributed by atoms with Crippen LogP contribution in [0.4, 0.5) is 4.79 Å². The van der Waals surface area contributed by atoms with Gasteiger partial charge in [0.25, 0.3) is 5.89 Å². The zero-order valence-electron chi connectivity index (χ0n) is 15.2. The first-order valence-corrected chi connectivity index (χ1v) is 7.90. The number of hydrogen-bond donors (Lipinski definition) is 3. The molecular weight excluding hydrogens is 322 g/mol. The quantitative estimate of drug-likeness (QED) is 0.689. The fraction of sp³-hybridized carbons (Fsp3) is 0.353. The number of carbonyl (C=O) groups excluding carboxylic acids is 1. The summed E-state index contributed by atoms with van der Waals surface area (Å²) in [6.07, 6.45) is 1.59. The van der Waals surface area contributed by atoms with Crippen molar-refractivity contribution < 1.29 is 13.9 Å². The van der Waals surface area contributed by atoms with Crippen molar-refractivity contribution in [2.75, 3.05) is 20.7 Å². The molecular formula is C17H27N5O3. The predicted molar refractivity (Wildman–Crippen MR) is 98.2 cm³/mol. The van der Waals surface area contributed by atoms with Crippen LogP contribution >= 0.6 is 0 Å². The second kappa shape index (κ2) is 13.6. The predicted octanol–water partition coefficient (Wildman–Crippen LogP) is 2.33. The van der Waals surface area contributed by atoms with E-state index in [0.717, 1.165) is 0 Å². The molecule has 1 aromatic heterocycles. The van der Waals surface area contributed by atoms with E-state index in [1.54, 1.807) is 19.3 Å². The van der Waals surface area contributed by atoms with Gasteiger partial charge in [0.15, 0.2) is 0 Å². The van der Waals surface area contributed by atoms with Crippen molar-refractivity contribution >= 4 is 6.03 Å². The lowest BCUT2D eigenvalue weighted by atomic mass is 10.2. The minimum Gasteiger partial charge on any atom is -0.496 e. The Labute approximate surface area is 148 Å². The van der Waals surface area contributed by atoms with Gasteiger partial charge in [0.05, 0.1) is 19.2 Å². The lowest BCUT2D eigenvalue weighted by Crippen LogP contribution is -2.35. The SMILES string of the molecule is C=CCNC(=O)NCc1nnc(-c2ccccc2OC)o1.CC.CN. The van der Waals surface area contributed by atoms with Crippen molar-refractivity contribution in [3.8, 4) is 17.2 Å². The summed E-state index contributed by atoms with van der Waals surface area (Å²) in [4.78, 5) is 11.4. The molecule has 2 amide bonds. The van der Waals surface area contributed by atoms with Gasteiger partial charge < -0.3 is 25.5 Å². The van der Waals surface area contributed by atoms with Gasteiger partial charge in [-0.3, -0.25) is 0 Å². The van der Waals surface area contributed by atoms with E-state index in [2.05, 4.69) is 33.1 Å². The number of rotatable bonds is 6. The summed E-state index contributed by atoms with van der Waals surface area (Å²) in [5.74, 6) is 1.30. The minimum absolute atomic E-state index is 0.144. The Morgan fingerprint density at radius 1 is 1.28 bits per heavy atom. The summed E-state index contributed by atoms with van der Waals surface area (Å²) >= 11 is 0. The number of aromatic nitrogens is 2. The van der Waals surface area contributed by atoms with Gasteiger partial charge in [-0.2, -0.15) is 0 Å². The van der Waals surface area contributed by atoms with Gasteiger partial charge in [0.1, 0.15) is 5.75 Å². The molecule has 0 radical (unpaired) electrons. The van der Waals surface area contributed by atoms with Crippen LogP contribution < -0.4 is 21.1 Å². The lowest BCUT2D eigenvalue weighted by Gasteiger charge is -2.04. The molecule has 4 N–H and O–H groups in total. The van der Waals surface area contributed by atoms with Crippen molar-refractivity contribution in [1.82, 2.24) is 20.8 Å². The molecule has 8 heteroatoms. The highest BCUT2D eigenvalue weighted by atomic mass is 16.5. The molecule has 8 nitrogen and oxygen atoms in total. The van der Waals surface area contributed by atoms with Gasteiger partial charge in [-0.1, -0.05) is 32.1 Å². The minimum atomic E-state index is -0.327. The van der Waals surface area contributed by atoms with Gasteiger partial charge in [-0.15, -0.1) is 16.8 Å². The van der Waals surface area contributed by atoms with Crippen LogP contribution in [0.25, 0.3) is 11.5 Å². The molecule has 0 spiro atoms. The number of nitrogens with two attached hydrogens (primary N) is 1. The van der Waals surface area contributed by atoms with Crippen LogP contribution in [-0.2, 0) is 6.54 Å². The molecule has 1 aromatic carbocycles. The number of hydrogen-bond acceptors (Lipinski definition) is 6. The molecule has 25 heavy (non-hydrogen) atoms. The van der Waals surface area contributed by atoms with Gasteiger partial charge in [-0.25, -0.2) is 4.79 Å². The maximum atomic E-state index is 11.4. The molecule has 0 saturated heterocycles. The van der Waals surface area contributed by atoms with E-state index >= 15 is 0 Å². The Kier molecular flexibility index (Phi) is 12.0. The Morgan fingerprint density at radius 2 is 1.96 bits per heavy atom. The van der Waals surface area contributed by atoms with Crippen LogP contribution in [0.2, 0.25) is 0 Å². The van der Waals surface area contributed by atoms with Gasteiger partial charge in [-0.05, 0) is 19.2 Å². The number of nitrogens with one attached hydrogen (secondary N) is 2. The molecule has 0 unspecified atom stereocenters. The first-order valence-electron chi connectivity index (χ1n) is 7.90. The summed E-state index contributed by atoms with van der Waals surface area (Å²) in [6.45, 7) is 8.04. The summed E-state index contributed by atoms with van der Waals surface area (Å²) in [5, 5.41) is 13.0. The number of ether oxygens (including phenoxy) is 1. The average Bonchev–Trinajstić information content (AvgIpc) is 3.16. The van der Waals surface area contributed by atoms with Crippen LogP contribution in [0.15, 0.2) is 41.3 Å². The molecule has 2 aromatic rings.